The number of aromatic nitrogens is 2. The lowest BCUT2D eigenvalue weighted by Gasteiger charge is -2.30. The Morgan fingerprint density at radius 3 is 3.22 bits per heavy atom. The Morgan fingerprint density at radius 2 is 2.48 bits per heavy atom. The number of nitrogens with one attached hydrogen (secondary N) is 2. The van der Waals surface area contributed by atoms with Gasteiger partial charge in [-0.05, 0) is 41.7 Å². The maximum Gasteiger partial charge on any atom is 0.315 e. The summed E-state index contributed by atoms with van der Waals surface area (Å²) in [6.07, 6.45) is 6.07. The second-order valence-electron chi connectivity index (χ2n) is 5.79. The Bertz CT molecular complexity index is 626. The second-order valence-corrected chi connectivity index (χ2v) is 6.57. The van der Waals surface area contributed by atoms with Gasteiger partial charge in [-0.15, -0.1) is 0 Å². The van der Waals surface area contributed by atoms with Gasteiger partial charge < -0.3 is 19.9 Å². The number of hydrogen-bond acceptors (Lipinski definition) is 4. The van der Waals surface area contributed by atoms with Crippen LogP contribution in [-0.4, -0.2) is 34.8 Å². The van der Waals surface area contributed by atoms with Crippen LogP contribution in [0.3, 0.4) is 0 Å². The molecule has 0 aromatic carbocycles. The van der Waals surface area contributed by atoms with Gasteiger partial charge in [0, 0.05) is 26.2 Å². The first-order valence-electron chi connectivity index (χ1n) is 7.85. The molecule has 3 heterocycles. The fourth-order valence-corrected chi connectivity index (χ4v) is 3.51. The van der Waals surface area contributed by atoms with Gasteiger partial charge in [-0.3, -0.25) is 0 Å². The number of nitrogens with zero attached hydrogens (tertiary/aromatic N) is 2. The third kappa shape index (κ3) is 4.33. The maximum absolute atomic E-state index is 12.0. The Balaban J connectivity index is 1.44. The highest BCUT2D eigenvalue weighted by atomic mass is 32.1. The van der Waals surface area contributed by atoms with Crippen molar-refractivity contribution in [3.8, 4) is 0 Å². The van der Waals surface area contributed by atoms with Crippen LogP contribution in [0.5, 0.6) is 0 Å². The van der Waals surface area contributed by atoms with Gasteiger partial charge >= 0.3 is 6.03 Å². The maximum atomic E-state index is 12.0. The van der Waals surface area contributed by atoms with Gasteiger partial charge in [-0.25, -0.2) is 9.78 Å². The summed E-state index contributed by atoms with van der Waals surface area (Å²) in [5.74, 6) is 0. The highest BCUT2D eigenvalue weighted by molar-refractivity contribution is 7.07. The third-order valence-corrected chi connectivity index (χ3v) is 4.81. The number of thiophene rings is 1. The van der Waals surface area contributed by atoms with Gasteiger partial charge in [0.15, 0.2) is 0 Å². The lowest BCUT2D eigenvalue weighted by Crippen LogP contribution is -2.45. The van der Waals surface area contributed by atoms with Crippen LogP contribution in [0.1, 0.15) is 30.2 Å². The summed E-state index contributed by atoms with van der Waals surface area (Å²) < 4.78 is 7.78. The number of imidazole rings is 1. The molecule has 0 spiro atoms. The summed E-state index contributed by atoms with van der Waals surface area (Å²) in [6.45, 7) is 1.30. The Morgan fingerprint density at radius 1 is 1.57 bits per heavy atom. The largest absolute Gasteiger partial charge is 0.372 e. The molecule has 2 aromatic rings. The van der Waals surface area contributed by atoms with E-state index in [2.05, 4.69) is 32.4 Å². The molecule has 1 saturated heterocycles. The second kappa shape index (κ2) is 7.61. The minimum atomic E-state index is -0.101. The van der Waals surface area contributed by atoms with Gasteiger partial charge in [0.2, 0.25) is 0 Å². The molecule has 1 fully saturated rings. The highest BCUT2D eigenvalue weighted by Crippen LogP contribution is 2.27. The van der Waals surface area contributed by atoms with E-state index >= 15 is 0 Å². The lowest BCUT2D eigenvalue weighted by atomic mass is 10.0. The summed E-state index contributed by atoms with van der Waals surface area (Å²) in [6, 6.07) is 2.11. The molecule has 7 heteroatoms. The van der Waals surface area contributed by atoms with E-state index in [1.807, 2.05) is 17.8 Å². The number of urea groups is 1. The summed E-state index contributed by atoms with van der Waals surface area (Å²) in [5.41, 5.74) is 2.31. The number of carbonyl (C=O) groups excluding carboxylic acids is 1. The number of carbonyl (C=O) groups is 1. The van der Waals surface area contributed by atoms with E-state index in [0.717, 1.165) is 25.0 Å². The predicted molar refractivity (Wildman–Crippen MR) is 89.5 cm³/mol. The van der Waals surface area contributed by atoms with Crippen molar-refractivity contribution in [3.63, 3.8) is 0 Å². The smallest absolute Gasteiger partial charge is 0.315 e. The lowest BCUT2D eigenvalue weighted by molar-refractivity contribution is -0.00176. The molecular formula is C16H22N4O2S. The van der Waals surface area contributed by atoms with Crippen molar-refractivity contribution >= 4 is 17.4 Å². The number of aryl methyl sites for hydroxylation is 1. The van der Waals surface area contributed by atoms with Gasteiger partial charge in [-0.1, -0.05) is 0 Å². The van der Waals surface area contributed by atoms with Crippen molar-refractivity contribution in [3.05, 3.63) is 40.6 Å². The van der Waals surface area contributed by atoms with E-state index in [4.69, 9.17) is 4.74 Å². The van der Waals surface area contributed by atoms with E-state index < -0.39 is 0 Å². The van der Waals surface area contributed by atoms with E-state index in [9.17, 15) is 4.79 Å². The van der Waals surface area contributed by atoms with Gasteiger partial charge in [0.1, 0.15) is 6.10 Å². The number of ether oxygens (including phenoxy) is 1. The predicted octanol–water partition coefficient (Wildman–Crippen LogP) is 2.24. The Kier molecular flexibility index (Phi) is 5.30. The van der Waals surface area contributed by atoms with Crippen LogP contribution in [-0.2, 0) is 18.2 Å². The summed E-state index contributed by atoms with van der Waals surface area (Å²) >= 11 is 1.68. The first-order valence-corrected chi connectivity index (χ1v) is 8.80. The molecule has 2 N–H and O–H groups in total. The first-order chi connectivity index (χ1) is 11.2. The Labute approximate surface area is 139 Å². The Hall–Kier alpha value is -1.86. The zero-order valence-corrected chi connectivity index (χ0v) is 14.0. The topological polar surface area (TPSA) is 68.2 Å². The van der Waals surface area contributed by atoms with Crippen molar-refractivity contribution in [2.75, 3.05) is 13.2 Å². The monoisotopic (exact) mass is 334 g/mol. The highest BCUT2D eigenvalue weighted by Gasteiger charge is 2.26. The minimum Gasteiger partial charge on any atom is -0.372 e. The number of rotatable bonds is 5. The molecule has 6 nitrogen and oxygen atoms in total. The van der Waals surface area contributed by atoms with Gasteiger partial charge in [-0.2, -0.15) is 11.3 Å². The molecule has 3 rings (SSSR count). The molecule has 0 saturated carbocycles. The zero-order valence-electron chi connectivity index (χ0n) is 13.2. The van der Waals surface area contributed by atoms with Crippen LogP contribution in [0.4, 0.5) is 4.79 Å². The molecule has 23 heavy (non-hydrogen) atoms. The zero-order chi connectivity index (χ0) is 16.1. The fourth-order valence-electron chi connectivity index (χ4n) is 2.80. The summed E-state index contributed by atoms with van der Waals surface area (Å²) in [5, 5.41) is 10.1. The molecule has 2 aromatic heterocycles. The number of hydrogen-bond donors (Lipinski definition) is 2. The first kappa shape index (κ1) is 16.0. The van der Waals surface area contributed by atoms with E-state index in [0.29, 0.717) is 13.2 Å². The normalized spacial score (nSPS) is 21.1. The van der Waals surface area contributed by atoms with Crippen LogP contribution in [0, 0.1) is 0 Å². The fraction of sp³-hybridized carbons (Fsp3) is 0.500. The molecule has 1 aliphatic rings. The molecule has 2 atom stereocenters. The van der Waals surface area contributed by atoms with Crippen LogP contribution in [0.2, 0.25) is 0 Å². The molecule has 2 amide bonds. The van der Waals surface area contributed by atoms with E-state index in [1.54, 1.807) is 17.7 Å². The minimum absolute atomic E-state index is 0.00708. The third-order valence-electron chi connectivity index (χ3n) is 4.08. The van der Waals surface area contributed by atoms with Crippen LogP contribution < -0.4 is 10.6 Å². The SMILES string of the molecule is Cn1cncc1[C@H]1C[C@H](NC(=O)NCCc2ccsc2)CCO1. The van der Waals surface area contributed by atoms with Crippen molar-refractivity contribution in [1.82, 2.24) is 20.2 Å². The molecule has 124 valence electrons. The summed E-state index contributed by atoms with van der Waals surface area (Å²) in [4.78, 5) is 16.2. The van der Waals surface area contributed by atoms with Crippen LogP contribution in [0.25, 0.3) is 0 Å². The molecule has 1 aliphatic heterocycles. The van der Waals surface area contributed by atoms with Crippen LogP contribution in [0.15, 0.2) is 29.4 Å². The van der Waals surface area contributed by atoms with Gasteiger partial charge in [0.25, 0.3) is 0 Å². The van der Waals surface area contributed by atoms with Crippen molar-refractivity contribution in [2.24, 2.45) is 7.05 Å². The summed E-state index contributed by atoms with van der Waals surface area (Å²) in [7, 11) is 1.96. The van der Waals surface area contributed by atoms with Crippen molar-refractivity contribution in [1.29, 1.82) is 0 Å². The van der Waals surface area contributed by atoms with Crippen molar-refractivity contribution < 1.29 is 9.53 Å². The standard InChI is InChI=1S/C16H22N4O2S/c1-20-11-17-9-14(20)15-8-13(3-6-22-15)19-16(21)18-5-2-12-4-7-23-10-12/h4,7,9-11,13,15H,2-3,5-6,8H2,1H3,(H2,18,19,21)/t13-,15-/m1/s1. The van der Waals surface area contributed by atoms with E-state index in [-0.39, 0.29) is 18.2 Å². The van der Waals surface area contributed by atoms with Crippen molar-refractivity contribution in [2.45, 2.75) is 31.4 Å². The van der Waals surface area contributed by atoms with Crippen LogP contribution >= 0.6 is 11.3 Å². The number of amides is 2. The molecular weight excluding hydrogens is 312 g/mol. The molecule has 0 radical (unpaired) electrons. The average molecular weight is 334 g/mol. The van der Waals surface area contributed by atoms with E-state index in [1.165, 1.54) is 5.56 Å². The quantitative estimate of drug-likeness (QED) is 0.881. The van der Waals surface area contributed by atoms with Gasteiger partial charge in [0.05, 0.1) is 18.2 Å². The average Bonchev–Trinajstić information content (AvgIpc) is 3.19. The molecule has 0 unspecified atom stereocenters. The molecule has 0 bridgehead atoms. The molecule has 0 aliphatic carbocycles.